The van der Waals surface area contributed by atoms with Gasteiger partial charge in [-0.2, -0.15) is 5.10 Å². The number of benzene rings is 2. The zero-order chi connectivity index (χ0) is 19.8. The van der Waals surface area contributed by atoms with E-state index < -0.39 is 0 Å². The van der Waals surface area contributed by atoms with E-state index in [0.717, 1.165) is 36.5 Å². The topological polar surface area (TPSA) is 54.8 Å². The molecule has 2 aromatic carbocycles. The second kappa shape index (κ2) is 7.37. The number of quaternary nitrogens is 3. The highest BCUT2D eigenvalue weighted by atomic mass is 16.2. The van der Waals surface area contributed by atoms with Crippen LogP contribution in [0, 0.1) is 12.3 Å². The first-order chi connectivity index (χ1) is 14.1. The number of nitrogens with one attached hydrogen (secondary N) is 4. The van der Waals surface area contributed by atoms with Crippen molar-refractivity contribution in [2.24, 2.45) is 10.5 Å². The number of rotatable bonds is 5. The molecule has 0 aromatic heterocycles. The first kappa shape index (κ1) is 18.5. The van der Waals surface area contributed by atoms with Crippen LogP contribution in [0.4, 0.5) is 0 Å². The molecule has 4 heterocycles. The quantitative estimate of drug-likeness (QED) is 0.333. The van der Waals surface area contributed by atoms with Crippen molar-refractivity contribution in [3.8, 4) is 0 Å². The summed E-state index contributed by atoms with van der Waals surface area (Å²) in [5.74, 6) is -0.0569. The van der Waals surface area contributed by atoms with Crippen molar-refractivity contribution in [1.29, 1.82) is 0 Å². The minimum atomic E-state index is -0.0569. The van der Waals surface area contributed by atoms with Gasteiger partial charge in [0, 0.05) is 0 Å². The van der Waals surface area contributed by atoms with Gasteiger partial charge in [0.05, 0.1) is 12.1 Å². The summed E-state index contributed by atoms with van der Waals surface area (Å²) in [4.78, 5) is 17.6. The van der Waals surface area contributed by atoms with E-state index in [1.165, 1.54) is 25.6 Å². The number of hydrogen-bond acceptors (Lipinski definition) is 2. The van der Waals surface area contributed by atoms with Gasteiger partial charge >= 0.3 is 0 Å². The third-order valence-corrected chi connectivity index (χ3v) is 6.59. The van der Waals surface area contributed by atoms with E-state index in [9.17, 15) is 4.79 Å². The highest BCUT2D eigenvalue weighted by Gasteiger charge is 2.60. The molecule has 0 radical (unpaired) electrons. The summed E-state index contributed by atoms with van der Waals surface area (Å²) in [6.07, 6.45) is 0.352. The van der Waals surface area contributed by atoms with Crippen LogP contribution in [0.15, 0.2) is 59.7 Å². The predicted molar refractivity (Wildman–Crippen MR) is 111 cm³/mol. The minimum absolute atomic E-state index is 0.0318. The van der Waals surface area contributed by atoms with Gasteiger partial charge in [-0.25, -0.2) is 20.1 Å². The Hall–Kier alpha value is -2.54. The van der Waals surface area contributed by atoms with Crippen molar-refractivity contribution in [2.45, 2.75) is 13.3 Å². The second-order valence-electron chi connectivity index (χ2n) is 9.11. The van der Waals surface area contributed by atoms with Gasteiger partial charge in [-0.05, 0) is 18.1 Å². The first-order valence-corrected chi connectivity index (χ1v) is 10.6. The maximum Gasteiger partial charge on any atom is 0.244 e. The number of nitrogens with zero attached hydrogens (tertiary/aromatic N) is 1. The number of amides is 1. The smallest absolute Gasteiger partial charge is 0.244 e. The molecule has 4 saturated heterocycles. The van der Waals surface area contributed by atoms with Gasteiger partial charge in [0.2, 0.25) is 25.9 Å². The van der Waals surface area contributed by atoms with E-state index in [2.05, 4.69) is 36.6 Å². The Balaban J connectivity index is 1.44. The van der Waals surface area contributed by atoms with Crippen molar-refractivity contribution in [3.05, 3.63) is 71.3 Å². The lowest BCUT2D eigenvalue weighted by Gasteiger charge is -2.52. The van der Waals surface area contributed by atoms with Crippen LogP contribution in [-0.2, 0) is 11.2 Å². The maximum atomic E-state index is 12.6. The summed E-state index contributed by atoms with van der Waals surface area (Å²) in [5.41, 5.74) is 7.37. The molecule has 0 spiro atoms. The number of carbonyl (C=O) groups is 1. The Morgan fingerprint density at radius 3 is 2.10 bits per heavy atom. The zero-order valence-corrected chi connectivity index (χ0v) is 17.0. The van der Waals surface area contributed by atoms with Crippen molar-refractivity contribution in [1.82, 2.24) is 5.43 Å². The van der Waals surface area contributed by atoms with Gasteiger partial charge in [0.15, 0.2) is 5.41 Å². The Morgan fingerprint density at radius 2 is 1.52 bits per heavy atom. The molecule has 6 nitrogen and oxygen atoms in total. The molecule has 1 amide bonds. The molecule has 29 heavy (non-hydrogen) atoms. The molecule has 0 saturated carbocycles. The number of hydrazone groups is 1. The lowest BCUT2D eigenvalue weighted by Crippen LogP contribution is -3.56. The molecular formula is C23H30N5O+3. The fourth-order valence-electron chi connectivity index (χ4n) is 5.64. The van der Waals surface area contributed by atoms with Crippen LogP contribution in [0.1, 0.15) is 16.7 Å². The van der Waals surface area contributed by atoms with E-state index in [1.54, 1.807) is 14.7 Å². The highest BCUT2D eigenvalue weighted by molar-refractivity contribution is 6.05. The Bertz CT molecular complexity index is 887. The average Bonchev–Trinajstić information content (AvgIpc) is 2.69. The lowest BCUT2D eigenvalue weighted by atomic mass is 9.74. The van der Waals surface area contributed by atoms with Crippen molar-refractivity contribution >= 4 is 11.6 Å². The molecule has 6 rings (SSSR count). The summed E-state index contributed by atoms with van der Waals surface area (Å²) in [6.45, 7) is 9.09. The summed E-state index contributed by atoms with van der Waals surface area (Å²) < 4.78 is 0. The Kier molecular flexibility index (Phi) is 4.70. The SMILES string of the molecule is Cc1ccc(C(=NNC(=O)Cc2ccccc2)C23C[NH+]4C[NH+](C[NH+](C4)C2)C3)cc1. The zero-order valence-electron chi connectivity index (χ0n) is 17.0. The standard InChI is InChI=1S/C23H27N5O/c1-18-7-9-20(10-8-18)22(25-24-21(29)11-19-5-3-2-4-6-19)23-12-26-15-27(13-23)17-28(14-23)16-26/h2-10H,11-17H2,1H3,(H,24,29)/p+3. The molecule has 4 N–H and O–H groups in total. The molecule has 4 aliphatic rings. The van der Waals surface area contributed by atoms with Crippen LogP contribution >= 0.6 is 0 Å². The molecule has 4 bridgehead atoms. The Labute approximate surface area is 171 Å². The first-order valence-electron chi connectivity index (χ1n) is 10.6. The van der Waals surface area contributed by atoms with E-state index in [1.807, 2.05) is 30.3 Å². The average molecular weight is 393 g/mol. The summed E-state index contributed by atoms with van der Waals surface area (Å²) in [7, 11) is 0. The van der Waals surface area contributed by atoms with Gasteiger partial charge in [0.25, 0.3) is 0 Å². The molecular weight excluding hydrogens is 362 g/mol. The molecule has 0 aliphatic carbocycles. The van der Waals surface area contributed by atoms with Crippen molar-refractivity contribution < 1.29 is 19.5 Å². The highest BCUT2D eigenvalue weighted by Crippen LogP contribution is 2.23. The minimum Gasteiger partial charge on any atom is -0.273 e. The fraction of sp³-hybridized carbons (Fsp3) is 0.391. The molecule has 2 aromatic rings. The fourth-order valence-corrected chi connectivity index (χ4v) is 5.64. The molecule has 4 aliphatic heterocycles. The normalized spacial score (nSPS) is 30.4. The third-order valence-electron chi connectivity index (χ3n) is 6.59. The monoisotopic (exact) mass is 392 g/mol. The molecule has 0 unspecified atom stereocenters. The molecule has 150 valence electrons. The van der Waals surface area contributed by atoms with E-state index in [4.69, 9.17) is 5.10 Å². The van der Waals surface area contributed by atoms with E-state index in [-0.39, 0.29) is 11.3 Å². The van der Waals surface area contributed by atoms with Gasteiger partial charge in [-0.1, -0.05) is 60.2 Å². The summed E-state index contributed by atoms with van der Waals surface area (Å²) in [5, 5.41) is 4.79. The largest absolute Gasteiger partial charge is 0.273 e. The van der Waals surface area contributed by atoms with Crippen LogP contribution in [0.2, 0.25) is 0 Å². The summed E-state index contributed by atoms with van der Waals surface area (Å²) in [6, 6.07) is 18.5. The predicted octanol–water partition coefficient (Wildman–Crippen LogP) is -2.39. The molecule has 6 heteroatoms. The van der Waals surface area contributed by atoms with Crippen molar-refractivity contribution in [3.63, 3.8) is 0 Å². The number of carbonyl (C=O) groups excluding carboxylic acids is 1. The van der Waals surface area contributed by atoms with E-state index >= 15 is 0 Å². The maximum absolute atomic E-state index is 12.6. The van der Waals surface area contributed by atoms with Crippen LogP contribution in [-0.4, -0.2) is 51.3 Å². The van der Waals surface area contributed by atoms with Crippen LogP contribution in [0.3, 0.4) is 0 Å². The molecule has 4 fully saturated rings. The lowest BCUT2D eigenvalue weighted by molar-refractivity contribution is -1.30. The Morgan fingerprint density at radius 1 is 0.931 bits per heavy atom. The van der Waals surface area contributed by atoms with Gasteiger partial charge < -0.3 is 0 Å². The number of aryl methyl sites for hydroxylation is 1. The van der Waals surface area contributed by atoms with Crippen LogP contribution in [0.25, 0.3) is 0 Å². The van der Waals surface area contributed by atoms with Crippen LogP contribution < -0.4 is 20.1 Å². The second-order valence-corrected chi connectivity index (χ2v) is 9.11. The van der Waals surface area contributed by atoms with Crippen molar-refractivity contribution in [2.75, 3.05) is 39.6 Å². The molecule has 0 atom stereocenters. The van der Waals surface area contributed by atoms with Gasteiger partial charge in [0.1, 0.15) is 19.6 Å². The van der Waals surface area contributed by atoms with E-state index in [0.29, 0.717) is 6.42 Å². The summed E-state index contributed by atoms with van der Waals surface area (Å²) >= 11 is 0. The third kappa shape index (κ3) is 3.71. The number of hydrogen-bond donors (Lipinski definition) is 4. The van der Waals surface area contributed by atoms with Crippen LogP contribution in [0.5, 0.6) is 0 Å². The van der Waals surface area contributed by atoms with Gasteiger partial charge in [-0.15, -0.1) is 0 Å². The van der Waals surface area contributed by atoms with Gasteiger partial charge in [-0.3, -0.25) is 4.79 Å².